The number of carbonyl (C=O) groups excluding carboxylic acids is 1. The number of hydrogen-bond acceptors (Lipinski definition) is 3. The lowest BCUT2D eigenvalue weighted by atomic mass is 9.89. The van der Waals surface area contributed by atoms with Crippen LogP contribution < -0.4 is 5.32 Å². The Hall–Kier alpha value is -1.52. The molecule has 1 N–H and O–H groups in total. The molecule has 126 valence electrons. The first-order chi connectivity index (χ1) is 11.2. The van der Waals surface area contributed by atoms with Crippen molar-refractivity contribution in [3.05, 3.63) is 17.5 Å². The van der Waals surface area contributed by atoms with Crippen LogP contribution in [-0.2, 0) is 0 Å². The summed E-state index contributed by atoms with van der Waals surface area (Å²) in [5.41, 5.74) is 0.936. The summed E-state index contributed by atoms with van der Waals surface area (Å²) in [7, 11) is 0. The smallest absolute Gasteiger partial charge is 0.317 e. The van der Waals surface area contributed by atoms with Crippen molar-refractivity contribution in [2.75, 3.05) is 19.6 Å². The van der Waals surface area contributed by atoms with Crippen molar-refractivity contribution >= 4 is 6.03 Å². The SMILES string of the molecule is Cc1cc(C2CCN(C(=O)NCC3CCC4CC4C3)CC2)on1. The Morgan fingerprint density at radius 2 is 2.09 bits per heavy atom. The van der Waals surface area contributed by atoms with Crippen LogP contribution in [0.25, 0.3) is 0 Å². The van der Waals surface area contributed by atoms with Gasteiger partial charge in [-0.1, -0.05) is 5.16 Å². The van der Waals surface area contributed by atoms with Crippen molar-refractivity contribution in [3.8, 4) is 0 Å². The summed E-state index contributed by atoms with van der Waals surface area (Å²) >= 11 is 0. The molecule has 1 aromatic heterocycles. The molecule has 1 aromatic rings. The zero-order valence-electron chi connectivity index (χ0n) is 14.0. The third-order valence-corrected chi connectivity index (χ3v) is 6.02. The molecule has 0 radical (unpaired) electrons. The average Bonchev–Trinajstić information content (AvgIpc) is 3.23. The zero-order valence-corrected chi connectivity index (χ0v) is 14.0. The second-order valence-electron chi connectivity index (χ2n) is 7.75. The minimum atomic E-state index is 0.120. The van der Waals surface area contributed by atoms with Crippen LogP contribution in [-0.4, -0.2) is 35.7 Å². The van der Waals surface area contributed by atoms with E-state index in [1.165, 1.54) is 25.7 Å². The molecule has 1 saturated heterocycles. The Kier molecular flexibility index (Phi) is 4.04. The molecule has 0 aromatic carbocycles. The normalized spacial score (nSPS) is 30.8. The van der Waals surface area contributed by atoms with Crippen LogP contribution in [0.4, 0.5) is 4.79 Å². The summed E-state index contributed by atoms with van der Waals surface area (Å²) in [6.07, 6.45) is 7.39. The fraction of sp³-hybridized carbons (Fsp3) is 0.778. The van der Waals surface area contributed by atoms with Gasteiger partial charge >= 0.3 is 6.03 Å². The number of amides is 2. The molecule has 0 spiro atoms. The molecule has 0 bridgehead atoms. The van der Waals surface area contributed by atoms with Crippen molar-refractivity contribution in [1.82, 2.24) is 15.4 Å². The minimum absolute atomic E-state index is 0.120. The Balaban J connectivity index is 1.21. The van der Waals surface area contributed by atoms with Gasteiger partial charge in [0.1, 0.15) is 5.76 Å². The molecule has 3 unspecified atom stereocenters. The van der Waals surface area contributed by atoms with Crippen LogP contribution in [0.5, 0.6) is 0 Å². The lowest BCUT2D eigenvalue weighted by Gasteiger charge is -2.31. The molecule has 2 aliphatic carbocycles. The van der Waals surface area contributed by atoms with E-state index in [2.05, 4.69) is 10.5 Å². The summed E-state index contributed by atoms with van der Waals surface area (Å²) in [5.74, 6) is 4.10. The van der Waals surface area contributed by atoms with Gasteiger partial charge in [0, 0.05) is 31.6 Å². The third kappa shape index (κ3) is 3.38. The third-order valence-electron chi connectivity index (χ3n) is 6.02. The molecule has 4 rings (SSSR count). The predicted molar refractivity (Wildman–Crippen MR) is 87.1 cm³/mol. The van der Waals surface area contributed by atoms with Crippen molar-refractivity contribution in [2.45, 2.75) is 51.4 Å². The molecule has 2 heterocycles. The average molecular weight is 317 g/mol. The van der Waals surface area contributed by atoms with Gasteiger partial charge in [0.05, 0.1) is 5.69 Å². The van der Waals surface area contributed by atoms with Gasteiger partial charge in [0.25, 0.3) is 0 Å². The molecule has 3 atom stereocenters. The molecule has 3 aliphatic rings. The zero-order chi connectivity index (χ0) is 15.8. The Morgan fingerprint density at radius 3 is 2.78 bits per heavy atom. The van der Waals surface area contributed by atoms with Crippen LogP contribution >= 0.6 is 0 Å². The van der Waals surface area contributed by atoms with Gasteiger partial charge in [-0.3, -0.25) is 0 Å². The van der Waals surface area contributed by atoms with Gasteiger partial charge in [-0.15, -0.1) is 0 Å². The largest absolute Gasteiger partial charge is 0.361 e. The number of fused-ring (bicyclic) bond motifs is 1. The summed E-state index contributed by atoms with van der Waals surface area (Å²) in [6.45, 7) is 4.44. The van der Waals surface area contributed by atoms with Gasteiger partial charge in [-0.05, 0) is 63.2 Å². The highest BCUT2D eigenvalue weighted by Gasteiger charge is 2.41. The second kappa shape index (κ2) is 6.17. The maximum absolute atomic E-state index is 12.4. The van der Waals surface area contributed by atoms with Crippen LogP contribution in [0.2, 0.25) is 0 Å². The molecule has 5 heteroatoms. The number of hydrogen-bond donors (Lipinski definition) is 1. The van der Waals surface area contributed by atoms with Crippen LogP contribution in [0.3, 0.4) is 0 Å². The van der Waals surface area contributed by atoms with E-state index in [0.717, 1.165) is 55.8 Å². The Bertz CT molecular complexity index is 562. The van der Waals surface area contributed by atoms with Crippen LogP contribution in [0.1, 0.15) is 55.9 Å². The fourth-order valence-electron chi connectivity index (χ4n) is 4.42. The molecular weight excluding hydrogens is 290 g/mol. The van der Waals surface area contributed by atoms with Gasteiger partial charge in [0.2, 0.25) is 0 Å². The van der Waals surface area contributed by atoms with Crippen LogP contribution in [0, 0.1) is 24.7 Å². The van der Waals surface area contributed by atoms with E-state index in [1.807, 2.05) is 17.9 Å². The maximum atomic E-state index is 12.4. The molecule has 3 fully saturated rings. The number of likely N-dealkylation sites (tertiary alicyclic amines) is 1. The molecule has 1 aliphatic heterocycles. The fourth-order valence-corrected chi connectivity index (χ4v) is 4.42. The lowest BCUT2D eigenvalue weighted by Crippen LogP contribution is -2.45. The van der Waals surface area contributed by atoms with E-state index in [9.17, 15) is 4.79 Å². The quantitative estimate of drug-likeness (QED) is 0.930. The first-order valence-electron chi connectivity index (χ1n) is 9.15. The Labute approximate surface area is 137 Å². The van der Waals surface area contributed by atoms with Gasteiger partial charge in [-0.25, -0.2) is 4.79 Å². The van der Waals surface area contributed by atoms with Gasteiger partial charge in [0.15, 0.2) is 0 Å². The predicted octanol–water partition coefficient (Wildman–Crippen LogP) is 3.31. The van der Waals surface area contributed by atoms with Gasteiger partial charge < -0.3 is 14.7 Å². The number of nitrogens with one attached hydrogen (secondary N) is 1. The van der Waals surface area contributed by atoms with E-state index < -0.39 is 0 Å². The van der Waals surface area contributed by atoms with E-state index in [1.54, 1.807) is 0 Å². The number of piperidine rings is 1. The van der Waals surface area contributed by atoms with Crippen molar-refractivity contribution in [1.29, 1.82) is 0 Å². The molecular formula is C18H27N3O2. The Morgan fingerprint density at radius 1 is 1.26 bits per heavy atom. The highest BCUT2D eigenvalue weighted by Crippen LogP contribution is 2.51. The van der Waals surface area contributed by atoms with E-state index >= 15 is 0 Å². The topological polar surface area (TPSA) is 58.4 Å². The summed E-state index contributed by atoms with van der Waals surface area (Å²) in [4.78, 5) is 14.3. The van der Waals surface area contributed by atoms with E-state index in [0.29, 0.717) is 11.8 Å². The number of aryl methyl sites for hydroxylation is 1. The first kappa shape index (κ1) is 15.0. The van der Waals surface area contributed by atoms with Gasteiger partial charge in [-0.2, -0.15) is 0 Å². The highest BCUT2D eigenvalue weighted by molar-refractivity contribution is 5.74. The highest BCUT2D eigenvalue weighted by atomic mass is 16.5. The summed E-state index contributed by atoms with van der Waals surface area (Å²) in [5, 5.41) is 7.14. The summed E-state index contributed by atoms with van der Waals surface area (Å²) in [6, 6.07) is 2.14. The van der Waals surface area contributed by atoms with Crippen molar-refractivity contribution in [3.63, 3.8) is 0 Å². The summed E-state index contributed by atoms with van der Waals surface area (Å²) < 4.78 is 5.37. The number of aromatic nitrogens is 1. The molecule has 23 heavy (non-hydrogen) atoms. The monoisotopic (exact) mass is 317 g/mol. The maximum Gasteiger partial charge on any atom is 0.317 e. The van der Waals surface area contributed by atoms with E-state index in [4.69, 9.17) is 4.52 Å². The molecule has 2 amide bonds. The number of nitrogens with zero attached hydrogens (tertiary/aromatic N) is 2. The first-order valence-corrected chi connectivity index (χ1v) is 9.15. The number of rotatable bonds is 3. The second-order valence-corrected chi connectivity index (χ2v) is 7.75. The standard InChI is InChI=1S/C18H27N3O2/c1-12-8-17(23-20-12)14-4-6-21(7-5-14)18(22)19-11-13-2-3-15-10-16(15)9-13/h8,13-16H,2-7,9-11H2,1H3,(H,19,22). The van der Waals surface area contributed by atoms with Crippen molar-refractivity contribution < 1.29 is 9.32 Å². The van der Waals surface area contributed by atoms with Crippen LogP contribution in [0.15, 0.2) is 10.6 Å². The number of carbonyl (C=O) groups is 1. The number of urea groups is 1. The van der Waals surface area contributed by atoms with Crippen molar-refractivity contribution in [2.24, 2.45) is 17.8 Å². The lowest BCUT2D eigenvalue weighted by molar-refractivity contribution is 0.173. The molecule has 5 nitrogen and oxygen atoms in total. The molecule has 2 saturated carbocycles. The minimum Gasteiger partial charge on any atom is -0.361 e. The van der Waals surface area contributed by atoms with E-state index in [-0.39, 0.29) is 6.03 Å².